The van der Waals surface area contributed by atoms with E-state index in [1.54, 1.807) is 0 Å². The van der Waals surface area contributed by atoms with Crippen molar-refractivity contribution >= 4 is 56.1 Å². The molecule has 0 amide bonds. The first-order valence-corrected chi connectivity index (χ1v) is 14.4. The highest BCUT2D eigenvalue weighted by Crippen LogP contribution is 2.47. The molecular weight excluding hydrogens is 517 g/mol. The molecule has 2 aromatic carbocycles. The molecule has 0 saturated carbocycles. The number of nitrogens with zero attached hydrogens (tertiary/aromatic N) is 3. The maximum Gasteiger partial charge on any atom is 0.282 e. The van der Waals surface area contributed by atoms with Crippen molar-refractivity contribution in [2.24, 2.45) is 0 Å². The summed E-state index contributed by atoms with van der Waals surface area (Å²) in [5.74, 6) is 0.649. The molecule has 0 saturated heterocycles. The molecule has 36 heavy (non-hydrogen) atoms. The van der Waals surface area contributed by atoms with Crippen LogP contribution in [0.1, 0.15) is 45.5 Å². The van der Waals surface area contributed by atoms with E-state index in [2.05, 4.69) is 59.9 Å². The van der Waals surface area contributed by atoms with Gasteiger partial charge in [0.05, 0.1) is 33.3 Å². The Morgan fingerprint density at radius 3 is 2.47 bits per heavy atom. The molecular formula is C27H31Cl2N3O3S. The number of anilines is 1. The van der Waals surface area contributed by atoms with Crippen LogP contribution in [0.2, 0.25) is 10.0 Å². The fourth-order valence-electron chi connectivity index (χ4n) is 5.20. The van der Waals surface area contributed by atoms with E-state index in [1.807, 2.05) is 36.4 Å². The van der Waals surface area contributed by atoms with Gasteiger partial charge in [-0.15, -0.1) is 0 Å². The van der Waals surface area contributed by atoms with Crippen LogP contribution in [0.25, 0.3) is 17.1 Å². The zero-order valence-corrected chi connectivity index (χ0v) is 23.3. The molecule has 0 spiro atoms. The lowest BCUT2D eigenvalue weighted by Gasteiger charge is -2.27. The van der Waals surface area contributed by atoms with Gasteiger partial charge in [0, 0.05) is 47.3 Å². The van der Waals surface area contributed by atoms with E-state index in [0.29, 0.717) is 16.6 Å². The molecule has 0 unspecified atom stereocenters. The van der Waals surface area contributed by atoms with Gasteiger partial charge >= 0.3 is 0 Å². The Balaban J connectivity index is 1.76. The third-order valence-corrected chi connectivity index (χ3v) is 8.37. The molecule has 0 fully saturated rings. The SMILES string of the molecule is CCn1c(/C=C/C=C2/N(CCCS(=O)(=O)[O-])c3ccccc3C2(C)C)[n+](CC)c2cc(Cl)c(Cl)cc21. The summed E-state index contributed by atoms with van der Waals surface area (Å²) in [6.07, 6.45) is 6.47. The molecule has 0 N–H and O–H groups in total. The van der Waals surface area contributed by atoms with Gasteiger partial charge < -0.3 is 9.45 Å². The number of hydrogen-bond acceptors (Lipinski definition) is 4. The van der Waals surface area contributed by atoms with Gasteiger partial charge in [0.15, 0.2) is 11.0 Å². The van der Waals surface area contributed by atoms with Crippen LogP contribution in [-0.4, -0.2) is 29.8 Å². The minimum atomic E-state index is -4.26. The Morgan fingerprint density at radius 2 is 1.81 bits per heavy atom. The molecule has 9 heteroatoms. The van der Waals surface area contributed by atoms with Crippen LogP contribution in [0.15, 0.2) is 54.2 Å². The highest BCUT2D eigenvalue weighted by Gasteiger charge is 2.39. The average molecular weight is 549 g/mol. The summed E-state index contributed by atoms with van der Waals surface area (Å²) in [6.45, 7) is 10.5. The van der Waals surface area contributed by atoms with Crippen LogP contribution in [0, 0.1) is 0 Å². The van der Waals surface area contributed by atoms with Crippen LogP contribution in [0.5, 0.6) is 0 Å². The number of allylic oxidation sites excluding steroid dienone is 3. The third-order valence-electron chi connectivity index (χ3n) is 6.86. The normalized spacial score (nSPS) is 16.5. The second kappa shape index (κ2) is 10.2. The number of para-hydroxylation sites is 1. The summed E-state index contributed by atoms with van der Waals surface area (Å²) in [7, 11) is -4.26. The number of rotatable bonds is 8. The van der Waals surface area contributed by atoms with Crippen LogP contribution in [-0.2, 0) is 28.6 Å². The van der Waals surface area contributed by atoms with E-state index in [0.717, 1.165) is 41.3 Å². The van der Waals surface area contributed by atoms with Crippen LogP contribution < -0.4 is 9.47 Å². The lowest BCUT2D eigenvalue weighted by molar-refractivity contribution is -0.670. The topological polar surface area (TPSA) is 69.2 Å². The minimum absolute atomic E-state index is 0.263. The molecule has 192 valence electrons. The highest BCUT2D eigenvalue weighted by molar-refractivity contribution is 7.85. The van der Waals surface area contributed by atoms with E-state index in [-0.39, 0.29) is 17.6 Å². The zero-order chi connectivity index (χ0) is 26.3. The third kappa shape index (κ3) is 4.94. The molecule has 1 aromatic heterocycles. The van der Waals surface area contributed by atoms with Crippen molar-refractivity contribution in [3.8, 4) is 0 Å². The molecule has 3 aromatic rings. The Labute approximate surface area is 223 Å². The van der Waals surface area contributed by atoms with Crippen molar-refractivity contribution in [2.75, 3.05) is 17.2 Å². The van der Waals surface area contributed by atoms with E-state index < -0.39 is 10.1 Å². The van der Waals surface area contributed by atoms with E-state index in [4.69, 9.17) is 23.2 Å². The zero-order valence-electron chi connectivity index (χ0n) is 21.0. The van der Waals surface area contributed by atoms with Crippen molar-refractivity contribution in [1.29, 1.82) is 0 Å². The first kappa shape index (κ1) is 26.7. The van der Waals surface area contributed by atoms with Gasteiger partial charge in [-0.2, -0.15) is 0 Å². The number of halogens is 2. The molecule has 1 aliphatic heterocycles. The molecule has 0 bridgehead atoms. The summed E-state index contributed by atoms with van der Waals surface area (Å²) >= 11 is 12.7. The molecule has 1 aliphatic rings. The quantitative estimate of drug-likeness (QED) is 0.260. The Morgan fingerprint density at radius 1 is 1.11 bits per heavy atom. The predicted molar refractivity (Wildman–Crippen MR) is 147 cm³/mol. The Hall–Kier alpha value is -2.32. The predicted octanol–water partition coefficient (Wildman–Crippen LogP) is 5.91. The fourth-order valence-corrected chi connectivity index (χ4v) is 6.00. The number of aryl methyl sites for hydroxylation is 2. The number of benzene rings is 2. The van der Waals surface area contributed by atoms with Crippen molar-refractivity contribution in [3.63, 3.8) is 0 Å². The van der Waals surface area contributed by atoms with Gasteiger partial charge in [-0.25, -0.2) is 17.6 Å². The van der Waals surface area contributed by atoms with E-state index in [9.17, 15) is 13.0 Å². The van der Waals surface area contributed by atoms with Crippen LogP contribution >= 0.6 is 23.2 Å². The summed E-state index contributed by atoms with van der Waals surface area (Å²) in [5, 5.41) is 1.05. The number of imidazole rings is 1. The van der Waals surface area contributed by atoms with Gasteiger partial charge in [0.2, 0.25) is 0 Å². The number of hydrogen-bond donors (Lipinski definition) is 0. The molecule has 0 atom stereocenters. The first-order chi connectivity index (χ1) is 17.0. The van der Waals surface area contributed by atoms with Crippen molar-refractivity contribution in [2.45, 2.75) is 52.6 Å². The maximum atomic E-state index is 11.2. The minimum Gasteiger partial charge on any atom is -0.748 e. The summed E-state index contributed by atoms with van der Waals surface area (Å²) in [6, 6.07) is 12.0. The van der Waals surface area contributed by atoms with E-state index in [1.165, 1.54) is 5.56 Å². The van der Waals surface area contributed by atoms with Crippen molar-refractivity contribution in [3.05, 3.63) is 75.7 Å². The standard InChI is InChI=1S/C27H31Cl2N3O3S/c1-5-30-23-17-20(28)21(29)18-24(23)31(6-2)26(30)14-9-13-25-27(3,4)19-11-7-8-12-22(19)32(25)15-10-16-36(33,34)35/h7-9,11-14,17-18H,5-6,10,15-16H2,1-4H3. The molecule has 2 heterocycles. The smallest absolute Gasteiger partial charge is 0.282 e. The summed E-state index contributed by atoms with van der Waals surface area (Å²) in [5.41, 5.74) is 5.03. The number of aromatic nitrogens is 2. The Bertz CT molecular complexity index is 1430. The maximum absolute atomic E-state index is 11.2. The van der Waals surface area contributed by atoms with Gasteiger partial charge in [-0.05, 0) is 38.0 Å². The second-order valence-electron chi connectivity index (χ2n) is 9.42. The fraction of sp³-hybridized carbons (Fsp3) is 0.370. The van der Waals surface area contributed by atoms with Crippen molar-refractivity contribution in [1.82, 2.24) is 4.57 Å². The van der Waals surface area contributed by atoms with Crippen LogP contribution in [0.3, 0.4) is 0 Å². The van der Waals surface area contributed by atoms with Gasteiger partial charge in [-0.3, -0.25) is 0 Å². The van der Waals surface area contributed by atoms with E-state index >= 15 is 0 Å². The first-order valence-electron chi connectivity index (χ1n) is 12.1. The Kier molecular flexibility index (Phi) is 7.58. The summed E-state index contributed by atoms with van der Waals surface area (Å²) in [4.78, 5) is 2.13. The molecule has 4 rings (SSSR count). The molecule has 0 radical (unpaired) electrons. The van der Waals surface area contributed by atoms with Gasteiger partial charge in [-0.1, -0.05) is 61.3 Å². The second-order valence-corrected chi connectivity index (χ2v) is 11.8. The van der Waals surface area contributed by atoms with Crippen LogP contribution in [0.4, 0.5) is 5.69 Å². The van der Waals surface area contributed by atoms with Crippen molar-refractivity contribution < 1.29 is 17.5 Å². The lowest BCUT2D eigenvalue weighted by Crippen LogP contribution is -2.35. The molecule has 0 aliphatic carbocycles. The largest absolute Gasteiger partial charge is 0.748 e. The van der Waals surface area contributed by atoms with Gasteiger partial charge in [0.25, 0.3) is 5.82 Å². The average Bonchev–Trinajstić information content (AvgIpc) is 3.21. The van der Waals surface area contributed by atoms with Gasteiger partial charge in [0.1, 0.15) is 0 Å². The monoisotopic (exact) mass is 547 g/mol. The lowest BCUT2D eigenvalue weighted by atomic mass is 9.84. The highest BCUT2D eigenvalue weighted by atomic mass is 35.5. The number of fused-ring (bicyclic) bond motifs is 2. The summed E-state index contributed by atoms with van der Waals surface area (Å²) < 4.78 is 38.0. The molecule has 6 nitrogen and oxygen atoms in total.